The van der Waals surface area contributed by atoms with Gasteiger partial charge in [-0.2, -0.15) is 0 Å². The van der Waals surface area contributed by atoms with Crippen LogP contribution in [0.2, 0.25) is 0 Å². The summed E-state index contributed by atoms with van der Waals surface area (Å²) in [5.41, 5.74) is 4.65. The van der Waals surface area contributed by atoms with Crippen LogP contribution in [0.4, 0.5) is 11.4 Å². The van der Waals surface area contributed by atoms with Crippen molar-refractivity contribution < 1.29 is 14.4 Å². The second-order valence-electron chi connectivity index (χ2n) is 8.26. The van der Waals surface area contributed by atoms with Crippen LogP contribution in [0.1, 0.15) is 34.3 Å². The topological polar surface area (TPSA) is 81.8 Å². The van der Waals surface area contributed by atoms with Gasteiger partial charge in [0.15, 0.2) is 0 Å². The number of nitrogens with zero attached hydrogens (tertiary/aromatic N) is 2. The van der Waals surface area contributed by atoms with Gasteiger partial charge in [-0.1, -0.05) is 29.8 Å². The number of hydrogen-bond acceptors (Lipinski definition) is 4. The van der Waals surface area contributed by atoms with E-state index in [9.17, 15) is 14.4 Å². The molecule has 0 aromatic heterocycles. The second-order valence-corrected chi connectivity index (χ2v) is 8.26. The quantitative estimate of drug-likeness (QED) is 0.796. The summed E-state index contributed by atoms with van der Waals surface area (Å²) in [6.07, 6.45) is 0.500. The zero-order chi connectivity index (χ0) is 22.0. The van der Waals surface area contributed by atoms with Crippen molar-refractivity contribution in [3.8, 4) is 0 Å². The number of carbonyl (C=O) groups is 3. The predicted molar refractivity (Wildman–Crippen MR) is 120 cm³/mol. The molecule has 0 spiro atoms. The molecule has 2 aromatic carbocycles. The molecule has 2 heterocycles. The minimum atomic E-state index is -0.722. The summed E-state index contributed by atoms with van der Waals surface area (Å²) in [6, 6.07) is 12.6. The summed E-state index contributed by atoms with van der Waals surface area (Å²) in [5.74, 6) is -0.566. The highest BCUT2D eigenvalue weighted by Crippen LogP contribution is 2.23. The van der Waals surface area contributed by atoms with Crippen LogP contribution in [0.25, 0.3) is 0 Å². The van der Waals surface area contributed by atoms with E-state index in [1.54, 1.807) is 24.3 Å². The molecule has 0 unspecified atom stereocenters. The highest BCUT2D eigenvalue weighted by Gasteiger charge is 2.29. The average Bonchev–Trinajstić information content (AvgIpc) is 2.88. The van der Waals surface area contributed by atoms with Gasteiger partial charge in [0.2, 0.25) is 11.8 Å². The van der Waals surface area contributed by atoms with E-state index in [-0.39, 0.29) is 30.6 Å². The molecule has 0 aliphatic carbocycles. The second kappa shape index (κ2) is 8.79. The third-order valence-electron chi connectivity index (χ3n) is 6.02. The molecule has 0 radical (unpaired) electrons. The minimum absolute atomic E-state index is 0.0177. The zero-order valence-corrected chi connectivity index (χ0v) is 18.0. The van der Waals surface area contributed by atoms with E-state index in [0.717, 1.165) is 13.1 Å². The van der Waals surface area contributed by atoms with Crippen molar-refractivity contribution in [3.05, 3.63) is 59.2 Å². The van der Waals surface area contributed by atoms with E-state index in [1.165, 1.54) is 16.8 Å². The number of aryl methyl sites for hydroxylation is 2. The number of fused-ring (bicyclic) bond motifs is 1. The maximum Gasteiger partial charge on any atom is 0.254 e. The highest BCUT2D eigenvalue weighted by atomic mass is 16.2. The molecule has 2 aliphatic heterocycles. The maximum absolute atomic E-state index is 12.8. The fourth-order valence-corrected chi connectivity index (χ4v) is 4.30. The number of amides is 3. The van der Waals surface area contributed by atoms with E-state index in [1.807, 2.05) is 4.90 Å². The Kier molecular flexibility index (Phi) is 5.93. The Morgan fingerprint density at radius 3 is 2.52 bits per heavy atom. The van der Waals surface area contributed by atoms with Crippen LogP contribution in [0, 0.1) is 13.8 Å². The first-order chi connectivity index (χ1) is 14.9. The van der Waals surface area contributed by atoms with E-state index in [2.05, 4.69) is 47.6 Å². The number of nitrogens with one attached hydrogen (secondary N) is 2. The highest BCUT2D eigenvalue weighted by molar-refractivity contribution is 6.09. The summed E-state index contributed by atoms with van der Waals surface area (Å²) < 4.78 is 0. The van der Waals surface area contributed by atoms with Gasteiger partial charge < -0.3 is 20.4 Å². The Morgan fingerprint density at radius 1 is 1.03 bits per heavy atom. The third-order valence-corrected chi connectivity index (χ3v) is 6.02. The zero-order valence-electron chi connectivity index (χ0n) is 18.0. The van der Waals surface area contributed by atoms with E-state index in [4.69, 9.17) is 0 Å². The average molecular weight is 421 g/mol. The monoisotopic (exact) mass is 420 g/mol. The molecule has 1 atom stereocenters. The van der Waals surface area contributed by atoms with Gasteiger partial charge in [0.1, 0.15) is 6.04 Å². The maximum atomic E-state index is 12.8. The van der Waals surface area contributed by atoms with Crippen molar-refractivity contribution in [1.82, 2.24) is 10.2 Å². The molecule has 7 nitrogen and oxygen atoms in total. The first-order valence-electron chi connectivity index (χ1n) is 10.7. The summed E-state index contributed by atoms with van der Waals surface area (Å²) in [6.45, 7) is 7.08. The number of para-hydroxylation sites is 1. The van der Waals surface area contributed by atoms with Crippen molar-refractivity contribution in [2.24, 2.45) is 0 Å². The van der Waals surface area contributed by atoms with Crippen molar-refractivity contribution >= 4 is 29.1 Å². The first-order valence-corrected chi connectivity index (χ1v) is 10.7. The van der Waals surface area contributed by atoms with E-state index < -0.39 is 6.04 Å². The van der Waals surface area contributed by atoms with Gasteiger partial charge in [0.05, 0.1) is 11.3 Å². The Bertz CT molecular complexity index is 1010. The lowest BCUT2D eigenvalue weighted by molar-refractivity contribution is -0.131. The predicted octanol–water partition coefficient (Wildman–Crippen LogP) is 2.48. The molecular formula is C24H28N4O3. The van der Waals surface area contributed by atoms with Crippen LogP contribution < -0.4 is 15.5 Å². The number of piperazine rings is 1. The summed E-state index contributed by atoms with van der Waals surface area (Å²) >= 11 is 0. The molecule has 162 valence electrons. The smallest absolute Gasteiger partial charge is 0.254 e. The molecule has 31 heavy (non-hydrogen) atoms. The van der Waals surface area contributed by atoms with Crippen molar-refractivity contribution in [2.75, 3.05) is 36.4 Å². The molecule has 2 aromatic rings. The third kappa shape index (κ3) is 4.55. The van der Waals surface area contributed by atoms with Crippen molar-refractivity contribution in [1.29, 1.82) is 0 Å². The van der Waals surface area contributed by atoms with Crippen LogP contribution in [-0.2, 0) is 9.59 Å². The van der Waals surface area contributed by atoms with E-state index >= 15 is 0 Å². The molecule has 1 saturated heterocycles. The molecule has 0 bridgehead atoms. The largest absolute Gasteiger partial charge is 0.368 e. The molecule has 0 saturated carbocycles. The molecule has 2 N–H and O–H groups in total. The summed E-state index contributed by atoms with van der Waals surface area (Å²) in [4.78, 5) is 41.9. The van der Waals surface area contributed by atoms with Gasteiger partial charge in [0.25, 0.3) is 5.91 Å². The SMILES string of the molecule is Cc1ccc(N2CCN(C(=O)CC[C@H]3NC(=O)c4ccccc4NC3=O)CC2)c(C)c1. The van der Waals surface area contributed by atoms with Crippen molar-refractivity contribution in [2.45, 2.75) is 32.7 Å². The van der Waals surface area contributed by atoms with Gasteiger partial charge >= 0.3 is 0 Å². The Labute approximate surface area is 182 Å². The molecule has 4 rings (SSSR count). The fourth-order valence-electron chi connectivity index (χ4n) is 4.30. The Morgan fingerprint density at radius 2 is 1.77 bits per heavy atom. The van der Waals surface area contributed by atoms with Crippen LogP contribution in [0.15, 0.2) is 42.5 Å². The van der Waals surface area contributed by atoms with Gasteiger partial charge in [-0.15, -0.1) is 0 Å². The van der Waals surface area contributed by atoms with Gasteiger partial charge in [-0.25, -0.2) is 0 Å². The van der Waals surface area contributed by atoms with Gasteiger partial charge in [-0.3, -0.25) is 14.4 Å². The molecular weight excluding hydrogens is 392 g/mol. The first kappa shape index (κ1) is 20.9. The van der Waals surface area contributed by atoms with Crippen LogP contribution >= 0.6 is 0 Å². The standard InChI is InChI=1S/C24H28N4O3/c1-16-7-9-21(17(2)15-16)27-11-13-28(14-12-27)22(29)10-8-20-24(31)25-19-6-4-3-5-18(19)23(30)26-20/h3-7,9,15,20H,8,10-14H2,1-2H3,(H,25,31)(H,26,30)/t20-/m1/s1. The number of hydrogen-bond donors (Lipinski definition) is 2. The van der Waals surface area contributed by atoms with Crippen LogP contribution in [0.3, 0.4) is 0 Å². The lowest BCUT2D eigenvalue weighted by Gasteiger charge is -2.37. The Hall–Kier alpha value is -3.35. The lowest BCUT2D eigenvalue weighted by atomic mass is 10.1. The summed E-state index contributed by atoms with van der Waals surface area (Å²) in [5, 5.41) is 5.54. The summed E-state index contributed by atoms with van der Waals surface area (Å²) in [7, 11) is 0. The van der Waals surface area contributed by atoms with Crippen LogP contribution in [0.5, 0.6) is 0 Å². The Balaban J connectivity index is 1.31. The molecule has 2 aliphatic rings. The minimum Gasteiger partial charge on any atom is -0.368 e. The number of rotatable bonds is 4. The molecule has 7 heteroatoms. The number of carbonyl (C=O) groups excluding carboxylic acids is 3. The lowest BCUT2D eigenvalue weighted by Crippen LogP contribution is -2.49. The van der Waals surface area contributed by atoms with E-state index in [0.29, 0.717) is 24.3 Å². The normalized spacial score (nSPS) is 18.7. The number of anilines is 2. The van der Waals surface area contributed by atoms with Crippen molar-refractivity contribution in [3.63, 3.8) is 0 Å². The van der Waals surface area contributed by atoms with Gasteiger partial charge in [0, 0.05) is 38.3 Å². The number of benzene rings is 2. The molecule has 1 fully saturated rings. The molecule has 3 amide bonds. The van der Waals surface area contributed by atoms with Gasteiger partial charge in [-0.05, 0) is 44.0 Å². The fraction of sp³-hybridized carbons (Fsp3) is 0.375. The van der Waals surface area contributed by atoms with Crippen LogP contribution in [-0.4, -0.2) is 54.8 Å².